The third-order valence-corrected chi connectivity index (χ3v) is 4.61. The lowest BCUT2D eigenvalue weighted by Crippen LogP contribution is -2.36. The maximum absolute atomic E-state index is 11.1. The highest BCUT2D eigenvalue weighted by molar-refractivity contribution is 7.10. The number of carbonyl (C=O) groups excluding carboxylic acids is 1. The van der Waals surface area contributed by atoms with Gasteiger partial charge in [-0.1, -0.05) is 19.8 Å². The van der Waals surface area contributed by atoms with Gasteiger partial charge in [0.05, 0.1) is 5.69 Å². The van der Waals surface area contributed by atoms with Gasteiger partial charge in [-0.25, -0.2) is 0 Å². The minimum Gasteiger partial charge on any atom is -0.325 e. The van der Waals surface area contributed by atoms with E-state index in [2.05, 4.69) is 17.6 Å². The van der Waals surface area contributed by atoms with Crippen molar-refractivity contribution in [1.82, 2.24) is 5.32 Å². The lowest BCUT2D eigenvalue weighted by Gasteiger charge is -2.29. The zero-order valence-corrected chi connectivity index (χ0v) is 12.0. The summed E-state index contributed by atoms with van der Waals surface area (Å²) >= 11 is 1.70. The topological polar surface area (TPSA) is 41.1 Å². The molecule has 2 atom stereocenters. The van der Waals surface area contributed by atoms with E-state index in [0.29, 0.717) is 6.04 Å². The van der Waals surface area contributed by atoms with Crippen LogP contribution >= 0.6 is 11.3 Å². The van der Waals surface area contributed by atoms with Crippen molar-refractivity contribution in [3.05, 3.63) is 16.3 Å². The summed E-state index contributed by atoms with van der Waals surface area (Å²) < 4.78 is 0. The maximum atomic E-state index is 11.1. The summed E-state index contributed by atoms with van der Waals surface area (Å²) in [6.45, 7) is 4.75. The predicted molar refractivity (Wildman–Crippen MR) is 76.9 cm³/mol. The van der Waals surface area contributed by atoms with Crippen molar-refractivity contribution in [2.45, 2.75) is 52.1 Å². The van der Waals surface area contributed by atoms with Gasteiger partial charge in [0.25, 0.3) is 0 Å². The summed E-state index contributed by atoms with van der Waals surface area (Å²) in [4.78, 5) is 12.3. The monoisotopic (exact) mass is 266 g/mol. The molecule has 0 bridgehead atoms. The summed E-state index contributed by atoms with van der Waals surface area (Å²) in [5, 5.41) is 8.56. The molecule has 3 nitrogen and oxygen atoms in total. The van der Waals surface area contributed by atoms with Crippen LogP contribution in [0.1, 0.15) is 44.4 Å². The fraction of sp³-hybridized carbons (Fsp3) is 0.643. The Morgan fingerprint density at radius 3 is 2.94 bits per heavy atom. The Hall–Kier alpha value is -0.870. The molecule has 100 valence electrons. The molecule has 2 unspecified atom stereocenters. The predicted octanol–water partition coefficient (Wildman–Crippen LogP) is 3.37. The molecular weight excluding hydrogens is 244 g/mol. The van der Waals surface area contributed by atoms with Gasteiger partial charge in [0.2, 0.25) is 5.91 Å². The second-order valence-electron chi connectivity index (χ2n) is 5.19. The first-order valence-electron chi connectivity index (χ1n) is 6.74. The Bertz CT molecular complexity index is 402. The minimum absolute atomic E-state index is 0.000634. The van der Waals surface area contributed by atoms with Crippen molar-refractivity contribution in [2.24, 2.45) is 5.92 Å². The molecule has 0 aromatic carbocycles. The molecule has 18 heavy (non-hydrogen) atoms. The minimum atomic E-state index is 0.000634. The molecule has 0 radical (unpaired) electrons. The van der Waals surface area contributed by atoms with Gasteiger partial charge in [-0.3, -0.25) is 4.79 Å². The van der Waals surface area contributed by atoms with Crippen LogP contribution in [0.25, 0.3) is 0 Å². The molecule has 1 aliphatic rings. The van der Waals surface area contributed by atoms with Gasteiger partial charge in [0, 0.05) is 24.4 Å². The van der Waals surface area contributed by atoms with E-state index >= 15 is 0 Å². The Morgan fingerprint density at radius 1 is 1.44 bits per heavy atom. The molecule has 1 amide bonds. The summed E-state index contributed by atoms with van der Waals surface area (Å²) in [5.74, 6) is 0.767. The smallest absolute Gasteiger partial charge is 0.221 e. The fourth-order valence-electron chi connectivity index (χ4n) is 2.62. The molecule has 2 N–H and O–H groups in total. The highest BCUT2D eigenvalue weighted by Gasteiger charge is 2.20. The first-order chi connectivity index (χ1) is 8.66. The van der Waals surface area contributed by atoms with E-state index < -0.39 is 0 Å². The molecule has 0 saturated heterocycles. The van der Waals surface area contributed by atoms with Crippen LogP contribution in [0.3, 0.4) is 0 Å². The quantitative estimate of drug-likeness (QED) is 0.877. The summed E-state index contributed by atoms with van der Waals surface area (Å²) in [6.07, 6.45) is 5.32. The first-order valence-corrected chi connectivity index (χ1v) is 7.62. The fourth-order valence-corrected chi connectivity index (χ4v) is 3.40. The van der Waals surface area contributed by atoms with E-state index in [9.17, 15) is 4.79 Å². The number of hydrogen-bond donors (Lipinski definition) is 2. The Morgan fingerprint density at radius 2 is 2.22 bits per heavy atom. The molecule has 1 saturated carbocycles. The number of thiophene rings is 1. The average Bonchev–Trinajstić information content (AvgIpc) is 2.75. The maximum Gasteiger partial charge on any atom is 0.221 e. The normalized spacial score (nSPS) is 23.9. The molecule has 4 heteroatoms. The van der Waals surface area contributed by atoms with E-state index in [4.69, 9.17) is 0 Å². The Labute approximate surface area is 113 Å². The molecule has 0 spiro atoms. The van der Waals surface area contributed by atoms with Gasteiger partial charge in [-0.15, -0.1) is 11.3 Å². The number of rotatable bonds is 4. The number of hydrogen-bond acceptors (Lipinski definition) is 3. The van der Waals surface area contributed by atoms with Gasteiger partial charge in [0.1, 0.15) is 0 Å². The van der Waals surface area contributed by atoms with E-state index in [1.807, 2.05) is 11.4 Å². The van der Waals surface area contributed by atoms with Crippen molar-refractivity contribution in [3.63, 3.8) is 0 Å². The third-order valence-electron chi connectivity index (χ3n) is 3.69. The lowest BCUT2D eigenvalue weighted by atomic mass is 9.86. The summed E-state index contributed by atoms with van der Waals surface area (Å²) in [7, 11) is 0. The van der Waals surface area contributed by atoms with E-state index in [1.54, 1.807) is 18.3 Å². The number of carbonyl (C=O) groups is 1. The SMILES string of the molecule is CC(=O)Nc1ccsc1CNC1CCCCC1C. The third kappa shape index (κ3) is 3.56. The lowest BCUT2D eigenvalue weighted by molar-refractivity contribution is -0.114. The van der Waals surface area contributed by atoms with Crippen molar-refractivity contribution >= 4 is 22.9 Å². The number of nitrogens with one attached hydrogen (secondary N) is 2. The summed E-state index contributed by atoms with van der Waals surface area (Å²) in [5.41, 5.74) is 0.962. The van der Waals surface area contributed by atoms with Crippen LogP contribution in [-0.2, 0) is 11.3 Å². The van der Waals surface area contributed by atoms with Crippen LogP contribution in [-0.4, -0.2) is 11.9 Å². The van der Waals surface area contributed by atoms with Crippen LogP contribution in [0, 0.1) is 5.92 Å². The molecule has 1 aliphatic carbocycles. The van der Waals surface area contributed by atoms with E-state index in [0.717, 1.165) is 18.2 Å². The average molecular weight is 266 g/mol. The first kappa shape index (κ1) is 13.6. The van der Waals surface area contributed by atoms with E-state index in [-0.39, 0.29) is 5.91 Å². The van der Waals surface area contributed by atoms with Crippen molar-refractivity contribution in [1.29, 1.82) is 0 Å². The highest BCUT2D eigenvalue weighted by Crippen LogP contribution is 2.26. The molecule has 1 aromatic rings. The number of amides is 1. The zero-order valence-electron chi connectivity index (χ0n) is 11.2. The second kappa shape index (κ2) is 6.34. The van der Waals surface area contributed by atoms with Gasteiger partial charge in [-0.05, 0) is 30.2 Å². The second-order valence-corrected chi connectivity index (χ2v) is 6.19. The zero-order chi connectivity index (χ0) is 13.0. The molecular formula is C14H22N2OS. The Kier molecular flexibility index (Phi) is 4.78. The molecule has 0 aliphatic heterocycles. The summed E-state index contributed by atoms with van der Waals surface area (Å²) in [6, 6.07) is 2.61. The van der Waals surface area contributed by atoms with Crippen LogP contribution < -0.4 is 10.6 Å². The molecule has 2 rings (SSSR count). The van der Waals surface area contributed by atoms with Gasteiger partial charge in [-0.2, -0.15) is 0 Å². The number of anilines is 1. The van der Waals surface area contributed by atoms with Crippen LogP contribution in [0.4, 0.5) is 5.69 Å². The van der Waals surface area contributed by atoms with Gasteiger partial charge < -0.3 is 10.6 Å². The van der Waals surface area contributed by atoms with Crippen molar-refractivity contribution < 1.29 is 4.79 Å². The van der Waals surface area contributed by atoms with Gasteiger partial charge in [0.15, 0.2) is 0 Å². The molecule has 1 fully saturated rings. The largest absolute Gasteiger partial charge is 0.325 e. The van der Waals surface area contributed by atoms with Gasteiger partial charge >= 0.3 is 0 Å². The van der Waals surface area contributed by atoms with E-state index in [1.165, 1.54) is 30.6 Å². The van der Waals surface area contributed by atoms with Crippen molar-refractivity contribution in [2.75, 3.05) is 5.32 Å². The highest BCUT2D eigenvalue weighted by atomic mass is 32.1. The standard InChI is InChI=1S/C14H22N2OS/c1-10-5-3-4-6-12(10)15-9-14-13(7-8-18-14)16-11(2)17/h7-8,10,12,15H,3-6,9H2,1-2H3,(H,16,17). The Balaban J connectivity index is 1.89. The van der Waals surface area contributed by atoms with Crippen molar-refractivity contribution in [3.8, 4) is 0 Å². The van der Waals surface area contributed by atoms with Crippen LogP contribution in [0.5, 0.6) is 0 Å². The van der Waals surface area contributed by atoms with Crippen LogP contribution in [0.15, 0.2) is 11.4 Å². The molecule has 1 aromatic heterocycles. The molecule has 1 heterocycles. The van der Waals surface area contributed by atoms with Crippen LogP contribution in [0.2, 0.25) is 0 Å².